The minimum absolute atomic E-state index is 0.228. The van der Waals surface area contributed by atoms with Crippen molar-refractivity contribution in [2.45, 2.75) is 25.3 Å². The van der Waals surface area contributed by atoms with Gasteiger partial charge in [-0.3, -0.25) is 4.90 Å². The molecule has 8 nitrogen and oxygen atoms in total. The van der Waals surface area contributed by atoms with Gasteiger partial charge < -0.3 is 24.8 Å². The van der Waals surface area contributed by atoms with Gasteiger partial charge in [0, 0.05) is 24.4 Å². The number of nitrogens with zero attached hydrogens (tertiary/aromatic N) is 1. The number of benzene rings is 2. The van der Waals surface area contributed by atoms with E-state index in [1.807, 2.05) is 12.1 Å². The molecule has 2 amide bonds. The van der Waals surface area contributed by atoms with Gasteiger partial charge >= 0.3 is 12.0 Å². The highest BCUT2D eigenvalue weighted by atomic mass is 16.5. The van der Waals surface area contributed by atoms with Gasteiger partial charge in [-0.15, -0.1) is 0 Å². The van der Waals surface area contributed by atoms with Crippen molar-refractivity contribution in [3.63, 3.8) is 0 Å². The molecule has 2 aromatic carbocycles. The Morgan fingerprint density at radius 2 is 1.88 bits per heavy atom. The Labute approximate surface area is 199 Å². The molecule has 2 N–H and O–H groups in total. The molecule has 34 heavy (non-hydrogen) atoms. The van der Waals surface area contributed by atoms with E-state index in [4.69, 9.17) is 14.2 Å². The molecule has 2 unspecified atom stereocenters. The first kappa shape index (κ1) is 23.6. The lowest BCUT2D eigenvalue weighted by Crippen LogP contribution is -2.48. The Morgan fingerprint density at radius 3 is 2.59 bits per heavy atom. The van der Waals surface area contributed by atoms with Gasteiger partial charge in [-0.25, -0.2) is 9.59 Å². The maximum atomic E-state index is 13.2. The number of hydrogen-bond acceptors (Lipinski definition) is 6. The average Bonchev–Trinajstić information content (AvgIpc) is 3.32. The van der Waals surface area contributed by atoms with Crippen molar-refractivity contribution in [1.29, 1.82) is 0 Å². The maximum Gasteiger partial charge on any atom is 0.338 e. The Morgan fingerprint density at radius 1 is 1.09 bits per heavy atom. The zero-order chi connectivity index (χ0) is 24.1. The normalized spacial score (nSPS) is 20.5. The summed E-state index contributed by atoms with van der Waals surface area (Å²) in [6, 6.07) is 14.7. The molecule has 2 aliphatic rings. The summed E-state index contributed by atoms with van der Waals surface area (Å²) in [5, 5.41) is 5.74. The van der Waals surface area contributed by atoms with Crippen LogP contribution < -0.4 is 20.1 Å². The number of ether oxygens (including phenoxy) is 3. The Hall–Kier alpha value is -3.52. The monoisotopic (exact) mass is 465 g/mol. The van der Waals surface area contributed by atoms with Crippen LogP contribution in [0.3, 0.4) is 0 Å². The third kappa shape index (κ3) is 4.87. The van der Waals surface area contributed by atoms with Gasteiger partial charge in [-0.05, 0) is 37.4 Å². The number of likely N-dealkylation sites (tertiary alicyclic amines) is 1. The SMILES string of the molecule is CCOC(=O)C1=C(CN2CCC(c3ccccc3)C2)NC(=O)NC1c1cccc(OC)c1OC. The third-order valence-corrected chi connectivity index (χ3v) is 6.32. The van der Waals surface area contributed by atoms with Gasteiger partial charge in [-0.2, -0.15) is 0 Å². The van der Waals surface area contributed by atoms with Gasteiger partial charge in [0.2, 0.25) is 0 Å². The van der Waals surface area contributed by atoms with E-state index in [1.54, 1.807) is 26.2 Å². The van der Waals surface area contributed by atoms with Gasteiger partial charge in [0.25, 0.3) is 0 Å². The number of amides is 2. The zero-order valence-electron chi connectivity index (χ0n) is 19.8. The summed E-state index contributed by atoms with van der Waals surface area (Å²) in [4.78, 5) is 28.1. The summed E-state index contributed by atoms with van der Waals surface area (Å²) in [5.74, 6) is 0.921. The van der Waals surface area contributed by atoms with E-state index in [1.165, 1.54) is 12.7 Å². The second kappa shape index (κ2) is 10.6. The fraction of sp³-hybridized carbons (Fsp3) is 0.385. The number of hydrogen-bond donors (Lipinski definition) is 2. The van der Waals surface area contributed by atoms with E-state index in [-0.39, 0.29) is 12.6 Å². The first-order valence-electron chi connectivity index (χ1n) is 11.5. The highest BCUT2D eigenvalue weighted by Gasteiger charge is 2.37. The lowest BCUT2D eigenvalue weighted by atomic mass is 9.93. The summed E-state index contributed by atoms with van der Waals surface area (Å²) in [5.41, 5.74) is 2.85. The summed E-state index contributed by atoms with van der Waals surface area (Å²) in [7, 11) is 3.08. The van der Waals surface area contributed by atoms with E-state index in [0.29, 0.717) is 40.8 Å². The van der Waals surface area contributed by atoms with E-state index >= 15 is 0 Å². The van der Waals surface area contributed by atoms with Crippen LogP contribution in [-0.4, -0.2) is 57.4 Å². The van der Waals surface area contributed by atoms with Crippen molar-refractivity contribution in [2.24, 2.45) is 0 Å². The smallest absolute Gasteiger partial charge is 0.338 e. The number of urea groups is 1. The van der Waals surface area contributed by atoms with E-state index in [2.05, 4.69) is 39.8 Å². The zero-order valence-corrected chi connectivity index (χ0v) is 19.8. The van der Waals surface area contributed by atoms with Gasteiger partial charge in [-0.1, -0.05) is 42.5 Å². The molecule has 1 fully saturated rings. The van der Waals surface area contributed by atoms with Crippen LogP contribution in [0.2, 0.25) is 0 Å². The fourth-order valence-corrected chi connectivity index (χ4v) is 4.76. The van der Waals surface area contributed by atoms with Crippen LogP contribution in [0, 0.1) is 0 Å². The number of rotatable bonds is 8. The second-order valence-electron chi connectivity index (χ2n) is 8.36. The second-order valence-corrected chi connectivity index (χ2v) is 8.36. The fourth-order valence-electron chi connectivity index (χ4n) is 4.76. The lowest BCUT2D eigenvalue weighted by Gasteiger charge is -2.32. The quantitative estimate of drug-likeness (QED) is 0.581. The highest BCUT2D eigenvalue weighted by molar-refractivity contribution is 5.95. The van der Waals surface area contributed by atoms with Gasteiger partial charge in [0.1, 0.15) is 0 Å². The molecule has 2 aromatic rings. The van der Waals surface area contributed by atoms with E-state index in [9.17, 15) is 9.59 Å². The number of carbonyl (C=O) groups excluding carboxylic acids is 2. The average molecular weight is 466 g/mol. The first-order chi connectivity index (χ1) is 16.5. The molecule has 8 heteroatoms. The van der Waals surface area contributed by atoms with E-state index < -0.39 is 12.0 Å². The summed E-state index contributed by atoms with van der Waals surface area (Å²) < 4.78 is 16.4. The molecule has 0 aromatic heterocycles. The third-order valence-electron chi connectivity index (χ3n) is 6.32. The van der Waals surface area contributed by atoms with Crippen LogP contribution in [0.25, 0.3) is 0 Å². The molecule has 2 heterocycles. The van der Waals surface area contributed by atoms with Crippen LogP contribution >= 0.6 is 0 Å². The van der Waals surface area contributed by atoms with Crippen molar-refractivity contribution in [3.05, 3.63) is 70.9 Å². The summed E-state index contributed by atoms with van der Waals surface area (Å²) in [6.45, 7) is 4.15. The Kier molecular flexibility index (Phi) is 7.37. The highest BCUT2D eigenvalue weighted by Crippen LogP contribution is 2.39. The summed E-state index contributed by atoms with van der Waals surface area (Å²) in [6.07, 6.45) is 1.02. The molecule has 4 rings (SSSR count). The number of carbonyl (C=O) groups is 2. The molecule has 2 atom stereocenters. The molecule has 180 valence electrons. The number of nitrogens with one attached hydrogen (secondary N) is 2. The molecule has 2 aliphatic heterocycles. The minimum Gasteiger partial charge on any atom is -0.493 e. The maximum absolute atomic E-state index is 13.2. The van der Waals surface area contributed by atoms with Crippen LogP contribution in [0.1, 0.15) is 36.4 Å². The van der Waals surface area contributed by atoms with Crippen LogP contribution in [0.15, 0.2) is 59.8 Å². The van der Waals surface area contributed by atoms with Crippen LogP contribution in [0.4, 0.5) is 4.79 Å². The molecule has 0 aliphatic carbocycles. The summed E-state index contributed by atoms with van der Waals surface area (Å²) >= 11 is 0. The number of esters is 1. The molecule has 1 saturated heterocycles. The molecular formula is C26H31N3O5. The number of methoxy groups -OCH3 is 2. The Bertz CT molecular complexity index is 1070. The van der Waals surface area contributed by atoms with Gasteiger partial charge in [0.15, 0.2) is 11.5 Å². The standard InChI is InChI=1S/C26H31N3O5/c1-4-34-25(30)22-20(16-29-14-13-18(15-29)17-9-6-5-7-10-17)27-26(31)28-23(22)19-11-8-12-21(32-2)24(19)33-3/h5-12,18,23H,4,13-16H2,1-3H3,(H2,27,28,31). The van der Waals surface area contributed by atoms with Crippen molar-refractivity contribution in [3.8, 4) is 11.5 Å². The topological polar surface area (TPSA) is 89.1 Å². The lowest BCUT2D eigenvalue weighted by molar-refractivity contribution is -0.139. The predicted octanol–water partition coefficient (Wildman–Crippen LogP) is 3.36. The van der Waals surface area contributed by atoms with Crippen molar-refractivity contribution >= 4 is 12.0 Å². The Balaban J connectivity index is 1.68. The van der Waals surface area contributed by atoms with E-state index in [0.717, 1.165) is 19.5 Å². The van der Waals surface area contributed by atoms with Crippen molar-refractivity contribution in [1.82, 2.24) is 15.5 Å². The van der Waals surface area contributed by atoms with Crippen LogP contribution in [-0.2, 0) is 9.53 Å². The van der Waals surface area contributed by atoms with Gasteiger partial charge in [0.05, 0.1) is 32.4 Å². The minimum atomic E-state index is -0.736. The molecule has 0 saturated carbocycles. The molecule has 0 radical (unpaired) electrons. The van der Waals surface area contributed by atoms with Crippen LogP contribution in [0.5, 0.6) is 11.5 Å². The molecular weight excluding hydrogens is 434 g/mol. The first-order valence-corrected chi connectivity index (χ1v) is 11.5. The number of para-hydroxylation sites is 1. The molecule has 0 bridgehead atoms. The largest absolute Gasteiger partial charge is 0.493 e. The van der Waals surface area contributed by atoms with Crippen molar-refractivity contribution in [2.75, 3.05) is 40.5 Å². The molecule has 0 spiro atoms. The predicted molar refractivity (Wildman–Crippen MR) is 128 cm³/mol. The van der Waals surface area contributed by atoms with Crippen molar-refractivity contribution < 1.29 is 23.8 Å².